The van der Waals surface area contributed by atoms with Gasteiger partial charge in [-0.2, -0.15) is 0 Å². The van der Waals surface area contributed by atoms with Crippen LogP contribution in [0, 0.1) is 0 Å². The third-order valence-corrected chi connectivity index (χ3v) is 5.36. The Bertz CT molecular complexity index is 676. The largest absolute Gasteiger partial charge is 0.497 e. The average molecular weight is 342 g/mol. The maximum Gasteiger partial charge on any atom is 0.233 e. The first-order valence-corrected chi connectivity index (χ1v) is 9.01. The van der Waals surface area contributed by atoms with Gasteiger partial charge in [-0.1, -0.05) is 30.3 Å². The van der Waals surface area contributed by atoms with Gasteiger partial charge in [-0.3, -0.25) is 4.79 Å². The molecular weight excluding hydrogens is 320 g/mol. The van der Waals surface area contributed by atoms with Gasteiger partial charge < -0.3 is 15.4 Å². The topological polar surface area (TPSA) is 55.6 Å². The standard InChI is InChI=1S/C19H22N2O2S/c1-23-15-7-9-16(10-8-15)24-13-19(22)21-11-17(18(20)12-21)14-5-3-2-4-6-14/h2-10,17-18H,11-13,20H2,1H3/t17-,18+/m0/s1. The Morgan fingerprint density at radius 1 is 1.17 bits per heavy atom. The number of likely N-dealkylation sites (tertiary alicyclic amines) is 1. The van der Waals surface area contributed by atoms with E-state index in [0.29, 0.717) is 18.8 Å². The normalized spacial score (nSPS) is 20.2. The third kappa shape index (κ3) is 3.91. The lowest BCUT2D eigenvalue weighted by molar-refractivity contribution is -0.127. The van der Waals surface area contributed by atoms with Crippen LogP contribution >= 0.6 is 11.8 Å². The minimum absolute atomic E-state index is 0.00216. The van der Waals surface area contributed by atoms with Crippen LogP contribution in [-0.4, -0.2) is 42.8 Å². The highest BCUT2D eigenvalue weighted by Crippen LogP contribution is 2.28. The quantitative estimate of drug-likeness (QED) is 0.849. The molecule has 0 aromatic heterocycles. The van der Waals surface area contributed by atoms with E-state index in [1.54, 1.807) is 18.9 Å². The van der Waals surface area contributed by atoms with Gasteiger partial charge in [-0.05, 0) is 29.8 Å². The van der Waals surface area contributed by atoms with E-state index in [1.807, 2.05) is 47.4 Å². The monoisotopic (exact) mass is 342 g/mol. The van der Waals surface area contributed by atoms with Crippen LogP contribution in [0.5, 0.6) is 5.75 Å². The van der Waals surface area contributed by atoms with Crippen molar-refractivity contribution < 1.29 is 9.53 Å². The van der Waals surface area contributed by atoms with Gasteiger partial charge in [-0.25, -0.2) is 0 Å². The molecule has 0 aliphatic carbocycles. The summed E-state index contributed by atoms with van der Waals surface area (Å²) in [6.45, 7) is 1.33. The van der Waals surface area contributed by atoms with Gasteiger partial charge in [0, 0.05) is 29.9 Å². The van der Waals surface area contributed by atoms with Crippen molar-refractivity contribution in [2.45, 2.75) is 16.9 Å². The fourth-order valence-electron chi connectivity index (χ4n) is 2.99. The Balaban J connectivity index is 1.55. The zero-order valence-electron chi connectivity index (χ0n) is 13.7. The molecule has 126 valence electrons. The number of carbonyl (C=O) groups is 1. The second kappa shape index (κ2) is 7.73. The molecule has 1 fully saturated rings. The molecule has 24 heavy (non-hydrogen) atoms. The molecule has 2 aromatic carbocycles. The summed E-state index contributed by atoms with van der Waals surface area (Å²) >= 11 is 1.55. The molecule has 1 aliphatic rings. The van der Waals surface area contributed by atoms with E-state index in [0.717, 1.165) is 10.6 Å². The van der Waals surface area contributed by atoms with Gasteiger partial charge in [0.25, 0.3) is 0 Å². The van der Waals surface area contributed by atoms with Crippen molar-refractivity contribution in [3.05, 3.63) is 60.2 Å². The lowest BCUT2D eigenvalue weighted by Crippen LogP contribution is -2.33. The zero-order valence-corrected chi connectivity index (χ0v) is 14.5. The number of benzene rings is 2. The molecule has 1 aliphatic heterocycles. The molecule has 1 amide bonds. The van der Waals surface area contributed by atoms with E-state index < -0.39 is 0 Å². The summed E-state index contributed by atoms with van der Waals surface area (Å²) in [5.74, 6) is 1.62. The number of hydrogen-bond donors (Lipinski definition) is 1. The zero-order chi connectivity index (χ0) is 16.9. The fourth-order valence-corrected chi connectivity index (χ4v) is 3.80. The second-order valence-electron chi connectivity index (χ2n) is 5.94. The molecule has 0 bridgehead atoms. The Morgan fingerprint density at radius 2 is 1.88 bits per heavy atom. The fraction of sp³-hybridized carbons (Fsp3) is 0.316. The Kier molecular flexibility index (Phi) is 5.43. The van der Waals surface area contributed by atoms with Crippen LogP contribution in [0.4, 0.5) is 0 Å². The maximum atomic E-state index is 12.5. The van der Waals surface area contributed by atoms with Crippen LogP contribution in [0.1, 0.15) is 11.5 Å². The number of hydrogen-bond acceptors (Lipinski definition) is 4. The highest BCUT2D eigenvalue weighted by atomic mass is 32.2. The van der Waals surface area contributed by atoms with Crippen LogP contribution in [0.3, 0.4) is 0 Å². The predicted molar refractivity (Wildman–Crippen MR) is 97.5 cm³/mol. The number of thioether (sulfide) groups is 1. The van der Waals surface area contributed by atoms with Gasteiger partial charge in [0.05, 0.1) is 12.9 Å². The summed E-state index contributed by atoms with van der Waals surface area (Å²) in [6, 6.07) is 18.0. The molecule has 2 N–H and O–H groups in total. The molecular formula is C19H22N2O2S. The second-order valence-corrected chi connectivity index (χ2v) is 6.99. The van der Waals surface area contributed by atoms with Crippen molar-refractivity contribution in [1.82, 2.24) is 4.90 Å². The molecule has 2 aromatic rings. The summed E-state index contributed by atoms with van der Waals surface area (Å²) in [4.78, 5) is 15.4. The molecule has 0 spiro atoms. The molecule has 0 radical (unpaired) electrons. The molecule has 0 unspecified atom stereocenters. The first-order valence-electron chi connectivity index (χ1n) is 8.02. The molecule has 2 atom stereocenters. The number of nitrogens with two attached hydrogens (primary N) is 1. The number of methoxy groups -OCH3 is 1. The van der Waals surface area contributed by atoms with Crippen molar-refractivity contribution in [1.29, 1.82) is 0 Å². The van der Waals surface area contributed by atoms with Crippen molar-refractivity contribution in [2.24, 2.45) is 5.73 Å². The van der Waals surface area contributed by atoms with E-state index in [9.17, 15) is 4.79 Å². The molecule has 5 heteroatoms. The summed E-state index contributed by atoms with van der Waals surface area (Å²) in [6.07, 6.45) is 0. The molecule has 3 rings (SSSR count). The van der Waals surface area contributed by atoms with Crippen LogP contribution in [0.15, 0.2) is 59.5 Å². The van der Waals surface area contributed by atoms with Gasteiger partial charge in [-0.15, -0.1) is 11.8 Å². The Hall–Kier alpha value is -1.98. The van der Waals surface area contributed by atoms with E-state index in [1.165, 1.54) is 5.56 Å². The molecule has 4 nitrogen and oxygen atoms in total. The van der Waals surface area contributed by atoms with Gasteiger partial charge >= 0.3 is 0 Å². The summed E-state index contributed by atoms with van der Waals surface area (Å²) < 4.78 is 5.14. The number of nitrogens with zero attached hydrogens (tertiary/aromatic N) is 1. The van der Waals surface area contributed by atoms with E-state index in [2.05, 4.69) is 12.1 Å². The van der Waals surface area contributed by atoms with Crippen LogP contribution < -0.4 is 10.5 Å². The smallest absolute Gasteiger partial charge is 0.233 e. The van der Waals surface area contributed by atoms with Crippen molar-refractivity contribution in [3.63, 3.8) is 0 Å². The minimum atomic E-state index is 0.00216. The van der Waals surface area contributed by atoms with Crippen LogP contribution in [-0.2, 0) is 4.79 Å². The Labute approximate surface area is 147 Å². The lowest BCUT2D eigenvalue weighted by Gasteiger charge is -2.16. The lowest BCUT2D eigenvalue weighted by atomic mass is 9.95. The SMILES string of the molecule is COc1ccc(SCC(=O)N2C[C@@H](N)[C@H](c3ccccc3)C2)cc1. The predicted octanol–water partition coefficient (Wildman–Crippen LogP) is 2.74. The number of carbonyl (C=O) groups excluding carboxylic acids is 1. The number of amides is 1. The van der Waals surface area contributed by atoms with Crippen molar-refractivity contribution in [2.75, 3.05) is 26.0 Å². The maximum absolute atomic E-state index is 12.5. The molecule has 1 saturated heterocycles. The highest BCUT2D eigenvalue weighted by molar-refractivity contribution is 8.00. The van der Waals surface area contributed by atoms with Gasteiger partial charge in [0.2, 0.25) is 5.91 Å². The first-order chi connectivity index (χ1) is 11.7. The summed E-state index contributed by atoms with van der Waals surface area (Å²) in [5.41, 5.74) is 7.48. The van der Waals surface area contributed by atoms with Crippen LogP contribution in [0.2, 0.25) is 0 Å². The first kappa shape index (κ1) is 16.9. The third-order valence-electron chi connectivity index (χ3n) is 4.37. The van der Waals surface area contributed by atoms with Gasteiger partial charge in [0.15, 0.2) is 0 Å². The van der Waals surface area contributed by atoms with Crippen molar-refractivity contribution in [3.8, 4) is 5.75 Å². The number of ether oxygens (including phenoxy) is 1. The summed E-state index contributed by atoms with van der Waals surface area (Å²) in [7, 11) is 1.64. The van der Waals surface area contributed by atoms with E-state index in [4.69, 9.17) is 10.5 Å². The molecule has 1 heterocycles. The number of rotatable bonds is 5. The molecule has 0 saturated carbocycles. The highest BCUT2D eigenvalue weighted by Gasteiger charge is 2.33. The minimum Gasteiger partial charge on any atom is -0.497 e. The van der Waals surface area contributed by atoms with Gasteiger partial charge in [0.1, 0.15) is 5.75 Å². The van der Waals surface area contributed by atoms with E-state index in [-0.39, 0.29) is 17.9 Å². The Morgan fingerprint density at radius 3 is 2.54 bits per heavy atom. The average Bonchev–Trinajstić information content (AvgIpc) is 3.02. The van der Waals surface area contributed by atoms with Crippen LogP contribution in [0.25, 0.3) is 0 Å². The summed E-state index contributed by atoms with van der Waals surface area (Å²) in [5, 5.41) is 0. The van der Waals surface area contributed by atoms with E-state index >= 15 is 0 Å². The van der Waals surface area contributed by atoms with Crippen molar-refractivity contribution >= 4 is 17.7 Å².